The Balaban J connectivity index is 1.77. The van der Waals surface area contributed by atoms with Gasteiger partial charge in [0.2, 0.25) is 0 Å². The van der Waals surface area contributed by atoms with Crippen LogP contribution in [-0.4, -0.2) is 33.3 Å². The summed E-state index contributed by atoms with van der Waals surface area (Å²) in [6.07, 6.45) is 3.61. The van der Waals surface area contributed by atoms with E-state index in [1.807, 2.05) is 19.9 Å². The molecule has 4 rings (SSSR count). The summed E-state index contributed by atoms with van der Waals surface area (Å²) in [5.74, 6) is -1.06. The van der Waals surface area contributed by atoms with E-state index >= 15 is 0 Å². The van der Waals surface area contributed by atoms with Gasteiger partial charge in [0.25, 0.3) is 0 Å². The van der Waals surface area contributed by atoms with Gasteiger partial charge in [-0.2, -0.15) is 0 Å². The summed E-state index contributed by atoms with van der Waals surface area (Å²) in [6, 6.07) is 5.73. The first-order chi connectivity index (χ1) is 12.3. The summed E-state index contributed by atoms with van der Waals surface area (Å²) in [5.41, 5.74) is 0.441. The number of ether oxygens (including phenoxy) is 2. The number of rotatable bonds is 1. The SMILES string of the molecule is CC1(C)C=Cc2c(ccc([C@@H]3COc4cc(O)cc(O)c4C3=O)c2O)O1. The Bertz CT molecular complexity index is 957. The maximum Gasteiger partial charge on any atom is 0.181 e. The highest BCUT2D eigenvalue weighted by Crippen LogP contribution is 2.45. The zero-order chi connectivity index (χ0) is 18.6. The summed E-state index contributed by atoms with van der Waals surface area (Å²) < 4.78 is 11.4. The number of benzene rings is 2. The van der Waals surface area contributed by atoms with Crippen LogP contribution in [0.3, 0.4) is 0 Å². The first-order valence-corrected chi connectivity index (χ1v) is 8.24. The van der Waals surface area contributed by atoms with Crippen LogP contribution in [0.2, 0.25) is 0 Å². The third-order valence-electron chi connectivity index (χ3n) is 4.64. The van der Waals surface area contributed by atoms with E-state index in [0.29, 0.717) is 16.9 Å². The average Bonchev–Trinajstić information content (AvgIpc) is 2.54. The predicted octanol–water partition coefficient (Wildman–Crippen LogP) is 3.35. The van der Waals surface area contributed by atoms with Gasteiger partial charge in [-0.05, 0) is 32.1 Å². The zero-order valence-electron chi connectivity index (χ0n) is 14.3. The van der Waals surface area contributed by atoms with Crippen molar-refractivity contribution in [1.29, 1.82) is 0 Å². The highest BCUT2D eigenvalue weighted by molar-refractivity contribution is 6.07. The molecule has 0 aliphatic carbocycles. The molecule has 0 bridgehead atoms. The molecule has 2 heterocycles. The third-order valence-corrected chi connectivity index (χ3v) is 4.64. The van der Waals surface area contributed by atoms with Crippen LogP contribution in [0.4, 0.5) is 0 Å². The standard InChI is InChI=1S/C20H18O6/c1-20(2)6-5-12-15(26-20)4-3-11(18(12)23)13-9-25-16-8-10(21)7-14(22)17(16)19(13)24/h3-8,13,21-23H,9H2,1-2H3/t13-/m0/s1. The Labute approximate surface area is 149 Å². The van der Waals surface area contributed by atoms with Crippen molar-refractivity contribution in [2.75, 3.05) is 6.61 Å². The van der Waals surface area contributed by atoms with Gasteiger partial charge in [0.1, 0.15) is 46.5 Å². The van der Waals surface area contributed by atoms with Gasteiger partial charge in [-0.25, -0.2) is 0 Å². The largest absolute Gasteiger partial charge is 0.508 e. The van der Waals surface area contributed by atoms with Gasteiger partial charge in [0, 0.05) is 17.7 Å². The van der Waals surface area contributed by atoms with Gasteiger partial charge in [0.15, 0.2) is 5.78 Å². The van der Waals surface area contributed by atoms with Crippen molar-refractivity contribution in [1.82, 2.24) is 0 Å². The summed E-state index contributed by atoms with van der Waals surface area (Å²) in [6.45, 7) is 3.81. The molecule has 0 radical (unpaired) electrons. The second-order valence-electron chi connectivity index (χ2n) is 7.02. The number of hydrogen-bond acceptors (Lipinski definition) is 6. The Kier molecular flexibility index (Phi) is 3.41. The van der Waals surface area contributed by atoms with Gasteiger partial charge in [-0.15, -0.1) is 0 Å². The van der Waals surface area contributed by atoms with Crippen LogP contribution in [0.25, 0.3) is 6.08 Å². The van der Waals surface area contributed by atoms with E-state index in [4.69, 9.17) is 9.47 Å². The number of hydrogen-bond donors (Lipinski definition) is 3. The highest BCUT2D eigenvalue weighted by atomic mass is 16.5. The molecule has 0 amide bonds. The summed E-state index contributed by atoms with van der Waals surface area (Å²) in [7, 11) is 0. The van der Waals surface area contributed by atoms with Gasteiger partial charge >= 0.3 is 0 Å². The van der Waals surface area contributed by atoms with E-state index in [0.717, 1.165) is 6.07 Å². The van der Waals surface area contributed by atoms with E-state index in [1.54, 1.807) is 18.2 Å². The lowest BCUT2D eigenvalue weighted by Crippen LogP contribution is -2.28. The van der Waals surface area contributed by atoms with E-state index in [2.05, 4.69) is 0 Å². The lowest BCUT2D eigenvalue weighted by Gasteiger charge is -2.30. The van der Waals surface area contributed by atoms with Crippen LogP contribution < -0.4 is 9.47 Å². The Morgan fingerprint density at radius 3 is 2.65 bits per heavy atom. The normalized spacial score (nSPS) is 19.9. The second-order valence-corrected chi connectivity index (χ2v) is 7.02. The van der Waals surface area contributed by atoms with E-state index in [1.165, 1.54) is 6.07 Å². The van der Waals surface area contributed by atoms with E-state index in [-0.39, 0.29) is 41.0 Å². The molecule has 0 saturated heterocycles. The zero-order valence-corrected chi connectivity index (χ0v) is 14.3. The number of phenolic OH excluding ortho intramolecular Hbond substituents is 3. The number of aromatic hydroxyl groups is 3. The van der Waals surface area contributed by atoms with Crippen LogP contribution >= 0.6 is 0 Å². The molecule has 0 saturated carbocycles. The van der Waals surface area contributed by atoms with E-state index < -0.39 is 11.5 Å². The lowest BCUT2D eigenvalue weighted by molar-refractivity contribution is 0.0889. The number of carbonyl (C=O) groups excluding carboxylic acids is 1. The van der Waals surface area contributed by atoms with Crippen LogP contribution in [0.1, 0.15) is 41.3 Å². The van der Waals surface area contributed by atoms with Crippen molar-refractivity contribution in [3.8, 4) is 28.7 Å². The molecule has 2 aliphatic heterocycles. The monoisotopic (exact) mass is 354 g/mol. The molecule has 134 valence electrons. The second kappa shape index (κ2) is 5.42. The molecule has 6 heteroatoms. The molecule has 1 atom stereocenters. The molecular weight excluding hydrogens is 336 g/mol. The van der Waals surface area contributed by atoms with E-state index in [9.17, 15) is 20.1 Å². The molecule has 26 heavy (non-hydrogen) atoms. The molecule has 6 nitrogen and oxygen atoms in total. The molecule has 3 N–H and O–H groups in total. The molecule has 2 aliphatic rings. The Hall–Kier alpha value is -3.15. The fourth-order valence-corrected chi connectivity index (χ4v) is 3.34. The van der Waals surface area contributed by atoms with Crippen molar-refractivity contribution in [3.63, 3.8) is 0 Å². The number of Topliss-reactive ketones (excluding diaryl/α,β-unsaturated/α-hetero) is 1. The molecular formula is C20H18O6. The minimum Gasteiger partial charge on any atom is -0.508 e. The van der Waals surface area contributed by atoms with Gasteiger partial charge in [0.05, 0.1) is 11.5 Å². The molecule has 0 fully saturated rings. The minimum atomic E-state index is -0.772. The molecule has 0 spiro atoms. The quantitative estimate of drug-likeness (QED) is 0.727. The van der Waals surface area contributed by atoms with Crippen molar-refractivity contribution in [2.24, 2.45) is 0 Å². The molecule has 0 unspecified atom stereocenters. The van der Waals surface area contributed by atoms with Crippen molar-refractivity contribution in [2.45, 2.75) is 25.4 Å². The predicted molar refractivity (Wildman–Crippen MR) is 94.2 cm³/mol. The van der Waals surface area contributed by atoms with Crippen molar-refractivity contribution in [3.05, 3.63) is 47.0 Å². The molecule has 0 aromatic heterocycles. The number of fused-ring (bicyclic) bond motifs is 2. The number of carbonyl (C=O) groups is 1. The van der Waals surface area contributed by atoms with Crippen LogP contribution in [0.5, 0.6) is 28.7 Å². The Morgan fingerprint density at radius 2 is 1.88 bits per heavy atom. The summed E-state index contributed by atoms with van der Waals surface area (Å²) in [4.78, 5) is 12.9. The van der Waals surface area contributed by atoms with Crippen LogP contribution in [-0.2, 0) is 0 Å². The summed E-state index contributed by atoms with van der Waals surface area (Å²) >= 11 is 0. The van der Waals surface area contributed by atoms with Crippen molar-refractivity contribution < 1.29 is 29.6 Å². The maximum absolute atomic E-state index is 12.9. The van der Waals surface area contributed by atoms with Crippen LogP contribution in [0, 0.1) is 0 Å². The van der Waals surface area contributed by atoms with Crippen molar-refractivity contribution >= 4 is 11.9 Å². The first kappa shape index (κ1) is 16.3. The minimum absolute atomic E-state index is 0.00284. The first-order valence-electron chi connectivity index (χ1n) is 8.24. The summed E-state index contributed by atoms with van der Waals surface area (Å²) in [5, 5.41) is 30.3. The lowest BCUT2D eigenvalue weighted by atomic mass is 9.86. The number of phenols is 3. The van der Waals surface area contributed by atoms with Gasteiger partial charge in [-0.1, -0.05) is 6.07 Å². The van der Waals surface area contributed by atoms with Gasteiger partial charge in [-0.3, -0.25) is 4.79 Å². The molecule has 2 aromatic carbocycles. The topological polar surface area (TPSA) is 96.2 Å². The fraction of sp³-hybridized carbons (Fsp3) is 0.250. The maximum atomic E-state index is 12.9. The molecule has 2 aromatic rings. The Morgan fingerprint density at radius 1 is 1.12 bits per heavy atom. The van der Waals surface area contributed by atoms with Crippen LogP contribution in [0.15, 0.2) is 30.3 Å². The highest BCUT2D eigenvalue weighted by Gasteiger charge is 2.36. The third kappa shape index (κ3) is 2.45. The fourth-order valence-electron chi connectivity index (χ4n) is 3.34. The smallest absolute Gasteiger partial charge is 0.181 e. The number of ketones is 1. The average molecular weight is 354 g/mol. The van der Waals surface area contributed by atoms with Gasteiger partial charge < -0.3 is 24.8 Å².